The number of carbonyl (C=O) groups is 1. The topological polar surface area (TPSA) is 75.9 Å². The van der Waals surface area contributed by atoms with E-state index in [2.05, 4.69) is 0 Å². The van der Waals surface area contributed by atoms with E-state index in [4.69, 9.17) is 4.74 Å². The zero-order chi connectivity index (χ0) is 15.4. The Morgan fingerprint density at radius 1 is 1.43 bits per heavy atom. The molecular formula is C14H19N3O4. The highest BCUT2D eigenvalue weighted by Gasteiger charge is 2.23. The summed E-state index contributed by atoms with van der Waals surface area (Å²) < 4.78 is 5.31. The van der Waals surface area contributed by atoms with Crippen LogP contribution in [0.4, 0.5) is 11.4 Å². The van der Waals surface area contributed by atoms with Gasteiger partial charge in [-0.3, -0.25) is 14.9 Å². The van der Waals surface area contributed by atoms with Gasteiger partial charge in [-0.1, -0.05) is 0 Å². The predicted molar refractivity (Wildman–Crippen MR) is 78.8 cm³/mol. The Kier molecular flexibility index (Phi) is 4.74. The summed E-state index contributed by atoms with van der Waals surface area (Å²) in [5.41, 5.74) is 1.03. The van der Waals surface area contributed by atoms with Crippen molar-refractivity contribution >= 4 is 17.3 Å². The van der Waals surface area contributed by atoms with Gasteiger partial charge in [-0.2, -0.15) is 0 Å². The number of amides is 1. The highest BCUT2D eigenvalue weighted by molar-refractivity contribution is 6.00. The number of rotatable bonds is 4. The first-order chi connectivity index (χ1) is 10.0. The summed E-state index contributed by atoms with van der Waals surface area (Å²) in [5, 5.41) is 10.9. The van der Waals surface area contributed by atoms with Crippen molar-refractivity contribution in [2.45, 2.75) is 6.92 Å². The number of nitro benzene ring substituents is 1. The van der Waals surface area contributed by atoms with Gasteiger partial charge in [0.05, 0.1) is 29.4 Å². The van der Waals surface area contributed by atoms with Crippen molar-refractivity contribution in [3.05, 3.63) is 33.9 Å². The van der Waals surface area contributed by atoms with Crippen LogP contribution in [0.3, 0.4) is 0 Å². The van der Waals surface area contributed by atoms with E-state index >= 15 is 0 Å². The van der Waals surface area contributed by atoms with Crippen molar-refractivity contribution in [1.29, 1.82) is 0 Å². The third-order valence-corrected chi connectivity index (χ3v) is 3.59. The maximum Gasteiger partial charge on any atom is 0.270 e. The Morgan fingerprint density at radius 3 is 2.67 bits per heavy atom. The predicted octanol–water partition coefficient (Wildman–Crippen LogP) is 1.52. The number of carbonyl (C=O) groups excluding carboxylic acids is 1. The molecule has 7 heteroatoms. The summed E-state index contributed by atoms with van der Waals surface area (Å²) in [7, 11) is 1.68. The van der Waals surface area contributed by atoms with Crippen LogP contribution in [0.2, 0.25) is 0 Å². The molecule has 0 N–H and O–H groups in total. The van der Waals surface area contributed by atoms with Gasteiger partial charge in [0.2, 0.25) is 0 Å². The Morgan fingerprint density at radius 2 is 2.10 bits per heavy atom. The third kappa shape index (κ3) is 3.30. The van der Waals surface area contributed by atoms with E-state index in [0.717, 1.165) is 5.69 Å². The number of morpholine rings is 1. The molecule has 1 aromatic carbocycles. The zero-order valence-corrected chi connectivity index (χ0v) is 12.2. The van der Waals surface area contributed by atoms with E-state index in [-0.39, 0.29) is 11.6 Å². The Bertz CT molecular complexity index is 541. The molecule has 0 radical (unpaired) electrons. The largest absolute Gasteiger partial charge is 0.378 e. The molecule has 2 rings (SSSR count). The lowest BCUT2D eigenvalue weighted by atomic mass is 10.1. The lowest BCUT2D eigenvalue weighted by Gasteiger charge is -2.30. The summed E-state index contributed by atoms with van der Waals surface area (Å²) in [5.74, 6) is -0.206. The molecule has 0 unspecified atom stereocenters. The van der Waals surface area contributed by atoms with Gasteiger partial charge in [-0.25, -0.2) is 0 Å². The molecule has 1 aromatic rings. The van der Waals surface area contributed by atoms with Gasteiger partial charge in [0.1, 0.15) is 0 Å². The van der Waals surface area contributed by atoms with E-state index in [0.29, 0.717) is 38.4 Å². The number of hydrogen-bond donors (Lipinski definition) is 0. The summed E-state index contributed by atoms with van der Waals surface area (Å²) in [6.07, 6.45) is 0. The first kappa shape index (κ1) is 15.2. The van der Waals surface area contributed by atoms with Gasteiger partial charge in [-0.15, -0.1) is 0 Å². The van der Waals surface area contributed by atoms with Crippen LogP contribution in [0, 0.1) is 10.1 Å². The molecular weight excluding hydrogens is 274 g/mol. The fraction of sp³-hybridized carbons (Fsp3) is 0.500. The van der Waals surface area contributed by atoms with Crippen molar-refractivity contribution in [2.24, 2.45) is 0 Å². The van der Waals surface area contributed by atoms with Crippen LogP contribution >= 0.6 is 0 Å². The molecule has 114 valence electrons. The monoisotopic (exact) mass is 293 g/mol. The summed E-state index contributed by atoms with van der Waals surface area (Å²) in [6.45, 7) is 4.94. The molecule has 0 bridgehead atoms. The van der Waals surface area contributed by atoms with E-state index in [9.17, 15) is 14.9 Å². The maximum absolute atomic E-state index is 12.5. The quantitative estimate of drug-likeness (QED) is 0.621. The fourth-order valence-corrected chi connectivity index (χ4v) is 2.24. The molecule has 1 saturated heterocycles. The smallest absolute Gasteiger partial charge is 0.270 e. The molecule has 0 saturated carbocycles. The molecule has 7 nitrogen and oxygen atoms in total. The highest BCUT2D eigenvalue weighted by atomic mass is 16.6. The van der Waals surface area contributed by atoms with Gasteiger partial charge in [0, 0.05) is 38.8 Å². The van der Waals surface area contributed by atoms with Crippen LogP contribution in [0.15, 0.2) is 18.2 Å². The van der Waals surface area contributed by atoms with E-state index in [1.54, 1.807) is 18.0 Å². The maximum atomic E-state index is 12.5. The standard InChI is InChI=1S/C14H19N3O4/c1-3-15(2)14(18)12-10-11(17(19)20)4-5-13(12)16-6-8-21-9-7-16/h4-5,10H,3,6-9H2,1-2H3. The van der Waals surface area contributed by atoms with Gasteiger partial charge < -0.3 is 14.5 Å². The van der Waals surface area contributed by atoms with Gasteiger partial charge >= 0.3 is 0 Å². The molecule has 1 heterocycles. The Balaban J connectivity index is 2.42. The minimum Gasteiger partial charge on any atom is -0.378 e. The summed E-state index contributed by atoms with van der Waals surface area (Å²) in [4.78, 5) is 26.5. The SMILES string of the molecule is CCN(C)C(=O)c1cc([N+](=O)[O-])ccc1N1CCOCC1. The van der Waals surface area contributed by atoms with E-state index in [1.165, 1.54) is 12.1 Å². The van der Waals surface area contributed by atoms with E-state index < -0.39 is 4.92 Å². The van der Waals surface area contributed by atoms with Crippen LogP contribution in [-0.4, -0.2) is 55.6 Å². The third-order valence-electron chi connectivity index (χ3n) is 3.59. The van der Waals surface area contributed by atoms with Gasteiger partial charge in [-0.05, 0) is 13.0 Å². The lowest BCUT2D eigenvalue weighted by molar-refractivity contribution is -0.384. The van der Waals surface area contributed by atoms with Crippen LogP contribution in [0.5, 0.6) is 0 Å². The van der Waals surface area contributed by atoms with Crippen molar-refractivity contribution < 1.29 is 14.5 Å². The second-order valence-electron chi connectivity index (χ2n) is 4.88. The molecule has 1 aliphatic rings. The average molecular weight is 293 g/mol. The van der Waals surface area contributed by atoms with Gasteiger partial charge in [0.15, 0.2) is 0 Å². The van der Waals surface area contributed by atoms with Crippen LogP contribution in [0.1, 0.15) is 17.3 Å². The van der Waals surface area contributed by atoms with Crippen molar-refractivity contribution in [3.8, 4) is 0 Å². The lowest BCUT2D eigenvalue weighted by Crippen LogP contribution is -2.38. The first-order valence-electron chi connectivity index (χ1n) is 6.91. The average Bonchev–Trinajstić information content (AvgIpc) is 2.53. The number of non-ortho nitro benzene ring substituents is 1. The van der Waals surface area contributed by atoms with Crippen molar-refractivity contribution in [1.82, 2.24) is 4.90 Å². The highest BCUT2D eigenvalue weighted by Crippen LogP contribution is 2.27. The number of nitrogens with zero attached hydrogens (tertiary/aromatic N) is 3. The van der Waals surface area contributed by atoms with Gasteiger partial charge in [0.25, 0.3) is 11.6 Å². The molecule has 0 aliphatic carbocycles. The van der Waals surface area contributed by atoms with Crippen LogP contribution in [-0.2, 0) is 4.74 Å². The van der Waals surface area contributed by atoms with Crippen molar-refractivity contribution in [3.63, 3.8) is 0 Å². The normalized spacial score (nSPS) is 14.9. The van der Waals surface area contributed by atoms with Crippen LogP contribution < -0.4 is 4.90 Å². The minimum absolute atomic E-state index is 0.0696. The molecule has 0 spiro atoms. The zero-order valence-electron chi connectivity index (χ0n) is 12.2. The fourth-order valence-electron chi connectivity index (χ4n) is 2.24. The Labute approximate surface area is 123 Å². The number of benzene rings is 1. The molecule has 21 heavy (non-hydrogen) atoms. The number of hydrogen-bond acceptors (Lipinski definition) is 5. The molecule has 0 aromatic heterocycles. The second-order valence-corrected chi connectivity index (χ2v) is 4.88. The molecule has 0 atom stereocenters. The molecule has 1 amide bonds. The minimum atomic E-state index is -0.480. The first-order valence-corrected chi connectivity index (χ1v) is 6.91. The molecule has 1 aliphatic heterocycles. The number of nitro groups is 1. The number of ether oxygens (including phenoxy) is 1. The summed E-state index contributed by atoms with van der Waals surface area (Å²) >= 11 is 0. The second kappa shape index (κ2) is 6.53. The number of anilines is 1. The van der Waals surface area contributed by atoms with Crippen LogP contribution in [0.25, 0.3) is 0 Å². The van der Waals surface area contributed by atoms with E-state index in [1.807, 2.05) is 11.8 Å². The Hall–Kier alpha value is -2.15. The summed E-state index contributed by atoms with van der Waals surface area (Å²) in [6, 6.07) is 4.45. The van der Waals surface area contributed by atoms with Crippen molar-refractivity contribution in [2.75, 3.05) is 44.8 Å². The molecule has 1 fully saturated rings.